The number of rotatable bonds is 7. The average Bonchev–Trinajstić information content (AvgIpc) is 2.83. The molecule has 0 bridgehead atoms. The number of unbranched alkanes of at least 4 members (excludes halogenated alkanes) is 3. The lowest BCUT2D eigenvalue weighted by atomic mass is 10.2. The van der Waals surface area contributed by atoms with Crippen LogP contribution in [0.4, 0.5) is 0 Å². The Bertz CT molecular complexity index is 602. The summed E-state index contributed by atoms with van der Waals surface area (Å²) in [5, 5.41) is 0. The van der Waals surface area contributed by atoms with Gasteiger partial charge in [0, 0.05) is 6.54 Å². The largest absolute Gasteiger partial charge is 0.267 e. The Balaban J connectivity index is 2.02. The summed E-state index contributed by atoms with van der Waals surface area (Å²) < 4.78 is 27.8. The highest BCUT2D eigenvalue weighted by Gasteiger charge is 2.18. The number of thiazole rings is 1. The lowest BCUT2D eigenvalue weighted by Crippen LogP contribution is -2.24. The summed E-state index contributed by atoms with van der Waals surface area (Å²) in [4.78, 5) is 4.17. The van der Waals surface area contributed by atoms with Crippen LogP contribution < -0.4 is 4.72 Å². The van der Waals surface area contributed by atoms with Crippen LogP contribution in [-0.4, -0.2) is 19.9 Å². The van der Waals surface area contributed by atoms with Gasteiger partial charge in [0.05, 0.1) is 10.2 Å². The first kappa shape index (κ1) is 14.4. The highest BCUT2D eigenvalue weighted by atomic mass is 32.2. The molecule has 0 radical (unpaired) electrons. The number of sulfonamides is 1. The third-order valence-electron chi connectivity index (χ3n) is 2.83. The van der Waals surface area contributed by atoms with Gasteiger partial charge < -0.3 is 0 Å². The monoisotopic (exact) mass is 298 g/mol. The number of benzene rings is 1. The van der Waals surface area contributed by atoms with Crippen molar-refractivity contribution in [1.29, 1.82) is 0 Å². The van der Waals surface area contributed by atoms with Gasteiger partial charge in [0.15, 0.2) is 0 Å². The summed E-state index contributed by atoms with van der Waals surface area (Å²) in [5.74, 6) is 0. The zero-order valence-corrected chi connectivity index (χ0v) is 12.6. The molecule has 6 heteroatoms. The standard InChI is InChI=1S/C13H18N2O2S2/c1-2-3-4-7-10-14-19(16,17)13-15-11-8-5-6-9-12(11)18-13/h5-6,8-9,14H,2-4,7,10H2,1H3. The number of fused-ring (bicyclic) bond motifs is 1. The molecule has 2 aromatic rings. The van der Waals surface area contributed by atoms with E-state index in [4.69, 9.17) is 0 Å². The zero-order valence-electron chi connectivity index (χ0n) is 10.9. The summed E-state index contributed by atoms with van der Waals surface area (Å²) in [7, 11) is -3.45. The molecule has 1 heterocycles. The molecule has 0 spiro atoms. The van der Waals surface area contributed by atoms with Gasteiger partial charge in [-0.1, -0.05) is 38.3 Å². The minimum atomic E-state index is -3.45. The van der Waals surface area contributed by atoms with Crippen molar-refractivity contribution in [1.82, 2.24) is 9.71 Å². The molecular formula is C13H18N2O2S2. The van der Waals surface area contributed by atoms with Crippen LogP contribution in [0.15, 0.2) is 28.6 Å². The molecule has 1 aromatic carbocycles. The topological polar surface area (TPSA) is 59.1 Å². The van der Waals surface area contributed by atoms with Crippen molar-refractivity contribution in [2.24, 2.45) is 0 Å². The van der Waals surface area contributed by atoms with E-state index in [1.165, 1.54) is 11.3 Å². The number of para-hydroxylation sites is 1. The van der Waals surface area contributed by atoms with Crippen LogP contribution in [0.5, 0.6) is 0 Å². The van der Waals surface area contributed by atoms with Crippen molar-refractivity contribution >= 4 is 31.6 Å². The summed E-state index contributed by atoms with van der Waals surface area (Å²) in [6.07, 6.45) is 4.21. The maximum atomic E-state index is 12.1. The molecule has 4 nitrogen and oxygen atoms in total. The van der Waals surface area contributed by atoms with Gasteiger partial charge in [-0.3, -0.25) is 0 Å². The fraction of sp³-hybridized carbons (Fsp3) is 0.462. The molecule has 0 atom stereocenters. The lowest BCUT2D eigenvalue weighted by molar-refractivity contribution is 0.573. The first-order valence-electron chi connectivity index (χ1n) is 6.49. The summed E-state index contributed by atoms with van der Waals surface area (Å²) >= 11 is 1.21. The molecule has 1 N–H and O–H groups in total. The maximum Gasteiger partial charge on any atom is 0.267 e. The van der Waals surface area contributed by atoms with Crippen LogP contribution >= 0.6 is 11.3 Å². The quantitative estimate of drug-likeness (QED) is 0.799. The summed E-state index contributed by atoms with van der Waals surface area (Å²) in [5.41, 5.74) is 0.735. The van der Waals surface area contributed by atoms with E-state index in [-0.39, 0.29) is 4.34 Å². The number of hydrogen-bond acceptors (Lipinski definition) is 4. The van der Waals surface area contributed by atoms with Gasteiger partial charge in [-0.05, 0) is 18.6 Å². The first-order valence-corrected chi connectivity index (χ1v) is 8.78. The maximum absolute atomic E-state index is 12.1. The summed E-state index contributed by atoms with van der Waals surface area (Å²) in [6, 6.07) is 7.45. The zero-order chi connectivity index (χ0) is 13.7. The van der Waals surface area contributed by atoms with E-state index in [9.17, 15) is 8.42 Å². The van der Waals surface area contributed by atoms with Crippen LogP contribution in [0.3, 0.4) is 0 Å². The van der Waals surface area contributed by atoms with Crippen LogP contribution in [0.2, 0.25) is 0 Å². The Kier molecular flexibility index (Phi) is 4.90. The fourth-order valence-corrected chi connectivity index (χ4v) is 4.12. The molecule has 0 fully saturated rings. The van der Waals surface area contributed by atoms with Crippen molar-refractivity contribution in [3.8, 4) is 0 Å². The van der Waals surface area contributed by atoms with E-state index < -0.39 is 10.0 Å². The second-order valence-electron chi connectivity index (χ2n) is 4.41. The molecule has 104 valence electrons. The molecule has 0 aliphatic rings. The Labute approximate surface area is 117 Å². The third kappa shape index (κ3) is 3.75. The number of hydrogen-bond donors (Lipinski definition) is 1. The van der Waals surface area contributed by atoms with E-state index in [1.807, 2.05) is 24.3 Å². The molecule has 0 aliphatic heterocycles. The van der Waals surface area contributed by atoms with Crippen LogP contribution in [0.25, 0.3) is 10.2 Å². The molecular weight excluding hydrogens is 280 g/mol. The molecule has 0 aliphatic carbocycles. The normalized spacial score (nSPS) is 12.1. The van der Waals surface area contributed by atoms with E-state index in [0.717, 1.165) is 35.9 Å². The van der Waals surface area contributed by atoms with Gasteiger partial charge in [-0.25, -0.2) is 18.1 Å². The minimum Gasteiger partial charge on any atom is -0.224 e. The second-order valence-corrected chi connectivity index (χ2v) is 7.38. The molecule has 1 aromatic heterocycles. The fourth-order valence-electron chi connectivity index (χ4n) is 1.79. The van der Waals surface area contributed by atoms with Crippen LogP contribution in [-0.2, 0) is 10.0 Å². The van der Waals surface area contributed by atoms with E-state index in [1.54, 1.807) is 0 Å². The minimum absolute atomic E-state index is 0.157. The van der Waals surface area contributed by atoms with Gasteiger partial charge >= 0.3 is 0 Å². The molecule has 0 unspecified atom stereocenters. The Morgan fingerprint density at radius 2 is 2.00 bits per heavy atom. The molecule has 0 amide bonds. The highest BCUT2D eigenvalue weighted by molar-refractivity contribution is 7.91. The summed E-state index contributed by atoms with van der Waals surface area (Å²) in [6.45, 7) is 2.61. The smallest absolute Gasteiger partial charge is 0.224 e. The number of nitrogens with one attached hydrogen (secondary N) is 1. The average molecular weight is 298 g/mol. The van der Waals surface area contributed by atoms with Crippen molar-refractivity contribution in [3.63, 3.8) is 0 Å². The SMILES string of the molecule is CCCCCCNS(=O)(=O)c1nc2ccccc2s1. The predicted molar refractivity (Wildman–Crippen MR) is 79.0 cm³/mol. The van der Waals surface area contributed by atoms with Crippen LogP contribution in [0, 0.1) is 0 Å². The van der Waals surface area contributed by atoms with Gasteiger partial charge in [0.2, 0.25) is 4.34 Å². The van der Waals surface area contributed by atoms with Crippen molar-refractivity contribution in [2.75, 3.05) is 6.54 Å². The Morgan fingerprint density at radius 1 is 1.21 bits per heavy atom. The van der Waals surface area contributed by atoms with E-state index >= 15 is 0 Å². The second kappa shape index (κ2) is 6.45. The molecule has 0 saturated heterocycles. The molecule has 0 saturated carbocycles. The third-order valence-corrected chi connectivity index (χ3v) is 5.70. The number of nitrogens with zero attached hydrogens (tertiary/aromatic N) is 1. The number of aromatic nitrogens is 1. The predicted octanol–water partition coefficient (Wildman–Crippen LogP) is 3.15. The van der Waals surface area contributed by atoms with Gasteiger partial charge in [-0.2, -0.15) is 0 Å². The first-order chi connectivity index (χ1) is 9.13. The Hall–Kier alpha value is -0.980. The van der Waals surface area contributed by atoms with Crippen molar-refractivity contribution in [3.05, 3.63) is 24.3 Å². The Morgan fingerprint density at radius 3 is 2.74 bits per heavy atom. The van der Waals surface area contributed by atoms with Gasteiger partial charge in [0.1, 0.15) is 0 Å². The van der Waals surface area contributed by atoms with Crippen molar-refractivity contribution in [2.45, 2.75) is 36.9 Å². The van der Waals surface area contributed by atoms with Crippen LogP contribution in [0.1, 0.15) is 32.6 Å². The lowest BCUT2D eigenvalue weighted by Gasteiger charge is -2.03. The molecule has 19 heavy (non-hydrogen) atoms. The molecule has 2 rings (SSSR count). The van der Waals surface area contributed by atoms with Crippen molar-refractivity contribution < 1.29 is 8.42 Å². The van der Waals surface area contributed by atoms with Gasteiger partial charge in [-0.15, -0.1) is 11.3 Å². The van der Waals surface area contributed by atoms with E-state index in [0.29, 0.717) is 6.54 Å². The van der Waals surface area contributed by atoms with Gasteiger partial charge in [0.25, 0.3) is 10.0 Å². The van der Waals surface area contributed by atoms with E-state index in [2.05, 4.69) is 16.6 Å². The highest BCUT2D eigenvalue weighted by Crippen LogP contribution is 2.24.